The van der Waals surface area contributed by atoms with Crippen molar-refractivity contribution in [2.75, 3.05) is 6.61 Å². The fourth-order valence-electron chi connectivity index (χ4n) is 1.27. The summed E-state index contributed by atoms with van der Waals surface area (Å²) in [6, 6.07) is 0. The fraction of sp³-hybridized carbons (Fsp3) is 1.00. The molecule has 0 spiro atoms. The van der Waals surface area contributed by atoms with Gasteiger partial charge in [-0.2, -0.15) is 0 Å². The maximum atomic E-state index is 5.78. The van der Waals surface area contributed by atoms with Gasteiger partial charge in [0.15, 0.2) is 0 Å². The van der Waals surface area contributed by atoms with Gasteiger partial charge in [-0.05, 0) is 33.1 Å². The lowest BCUT2D eigenvalue weighted by molar-refractivity contribution is -0.0243. The lowest BCUT2D eigenvalue weighted by atomic mass is 10.0. The van der Waals surface area contributed by atoms with Crippen LogP contribution in [0.3, 0.4) is 0 Å². The van der Waals surface area contributed by atoms with Crippen molar-refractivity contribution in [1.82, 2.24) is 0 Å². The van der Waals surface area contributed by atoms with Gasteiger partial charge in [0.2, 0.25) is 0 Å². The molecule has 0 amide bonds. The van der Waals surface area contributed by atoms with E-state index in [1.54, 1.807) is 0 Å². The van der Waals surface area contributed by atoms with Crippen LogP contribution in [0.1, 0.15) is 60.3 Å². The number of rotatable bonds is 6. The topological polar surface area (TPSA) is 9.23 Å². The van der Waals surface area contributed by atoms with Crippen molar-refractivity contribution in [3.8, 4) is 0 Å². The van der Waals surface area contributed by atoms with Crippen molar-refractivity contribution < 1.29 is 4.74 Å². The van der Waals surface area contributed by atoms with E-state index in [4.69, 9.17) is 4.74 Å². The van der Waals surface area contributed by atoms with E-state index in [1.165, 1.54) is 25.7 Å². The van der Waals surface area contributed by atoms with Crippen molar-refractivity contribution in [3.05, 3.63) is 0 Å². The van der Waals surface area contributed by atoms with Crippen molar-refractivity contribution in [1.29, 1.82) is 0 Å². The average molecular weight is 186 g/mol. The minimum Gasteiger partial charge on any atom is -0.376 e. The Morgan fingerprint density at radius 3 is 2.15 bits per heavy atom. The van der Waals surface area contributed by atoms with Gasteiger partial charge >= 0.3 is 0 Å². The second-order valence-corrected chi connectivity index (χ2v) is 4.84. The molecule has 0 radical (unpaired) electrons. The van der Waals surface area contributed by atoms with Crippen LogP contribution in [0.4, 0.5) is 0 Å². The lowest BCUT2D eigenvalue weighted by Crippen LogP contribution is -2.23. The first-order valence-corrected chi connectivity index (χ1v) is 5.63. The van der Waals surface area contributed by atoms with Gasteiger partial charge in [0, 0.05) is 0 Å². The summed E-state index contributed by atoms with van der Waals surface area (Å²) in [5.41, 5.74) is 0.0274. The highest BCUT2D eigenvalue weighted by atomic mass is 16.5. The van der Waals surface area contributed by atoms with Gasteiger partial charge in [0.1, 0.15) is 0 Å². The Bertz CT molecular complexity index is 113. The van der Waals surface area contributed by atoms with Crippen molar-refractivity contribution >= 4 is 0 Å². The predicted molar refractivity (Wildman–Crippen MR) is 59.0 cm³/mol. The molecule has 1 heteroatoms. The van der Waals surface area contributed by atoms with Gasteiger partial charge in [-0.3, -0.25) is 0 Å². The first-order chi connectivity index (χ1) is 5.99. The number of ether oxygens (including phenoxy) is 1. The highest BCUT2D eigenvalue weighted by Crippen LogP contribution is 2.16. The maximum absolute atomic E-state index is 5.78. The van der Waals surface area contributed by atoms with E-state index in [0.29, 0.717) is 0 Å². The minimum atomic E-state index is 0.0274. The second-order valence-electron chi connectivity index (χ2n) is 4.84. The molecule has 0 heterocycles. The van der Waals surface area contributed by atoms with Gasteiger partial charge < -0.3 is 4.74 Å². The Hall–Kier alpha value is -0.0400. The SMILES string of the molecule is CCCCC(CC)COC(C)(C)C. The van der Waals surface area contributed by atoms with E-state index in [2.05, 4.69) is 34.6 Å². The molecule has 0 N–H and O–H groups in total. The summed E-state index contributed by atoms with van der Waals surface area (Å²) in [6.45, 7) is 11.8. The third kappa shape index (κ3) is 8.29. The van der Waals surface area contributed by atoms with E-state index in [0.717, 1.165) is 12.5 Å². The third-order valence-corrected chi connectivity index (χ3v) is 2.30. The molecule has 0 aromatic carbocycles. The zero-order valence-corrected chi connectivity index (χ0v) is 10.0. The Labute approximate surface area is 83.9 Å². The average Bonchev–Trinajstić information content (AvgIpc) is 2.03. The normalized spacial score (nSPS) is 14.5. The molecule has 13 heavy (non-hydrogen) atoms. The first-order valence-electron chi connectivity index (χ1n) is 5.63. The number of hydrogen-bond acceptors (Lipinski definition) is 1. The monoisotopic (exact) mass is 186 g/mol. The van der Waals surface area contributed by atoms with Crippen molar-refractivity contribution in [3.63, 3.8) is 0 Å². The standard InChI is InChI=1S/C12H26O/c1-6-8-9-11(7-2)10-13-12(3,4)5/h11H,6-10H2,1-5H3. The maximum Gasteiger partial charge on any atom is 0.0598 e. The molecule has 0 rings (SSSR count). The molecule has 80 valence electrons. The highest BCUT2D eigenvalue weighted by Gasteiger charge is 2.13. The quantitative estimate of drug-likeness (QED) is 0.609. The fourth-order valence-corrected chi connectivity index (χ4v) is 1.27. The van der Waals surface area contributed by atoms with Gasteiger partial charge in [0.25, 0.3) is 0 Å². The highest BCUT2D eigenvalue weighted by molar-refractivity contribution is 4.62. The molecular formula is C12H26O. The molecule has 0 aliphatic carbocycles. The molecule has 0 saturated heterocycles. The van der Waals surface area contributed by atoms with Crippen LogP contribution < -0.4 is 0 Å². The summed E-state index contributed by atoms with van der Waals surface area (Å²) >= 11 is 0. The predicted octanol–water partition coefficient (Wildman–Crippen LogP) is 4.02. The summed E-state index contributed by atoms with van der Waals surface area (Å²) in [4.78, 5) is 0. The summed E-state index contributed by atoms with van der Waals surface area (Å²) in [5.74, 6) is 0.763. The molecule has 0 saturated carbocycles. The van der Waals surface area contributed by atoms with Crippen LogP contribution in [-0.2, 0) is 4.74 Å². The molecule has 0 aliphatic heterocycles. The smallest absolute Gasteiger partial charge is 0.0598 e. The summed E-state index contributed by atoms with van der Waals surface area (Å²) in [5, 5.41) is 0. The van der Waals surface area contributed by atoms with E-state index >= 15 is 0 Å². The number of hydrogen-bond donors (Lipinski definition) is 0. The molecule has 0 fully saturated rings. The molecule has 1 atom stereocenters. The molecule has 0 bridgehead atoms. The van der Waals surface area contributed by atoms with Gasteiger partial charge in [-0.25, -0.2) is 0 Å². The van der Waals surface area contributed by atoms with Crippen LogP contribution in [0.25, 0.3) is 0 Å². The van der Waals surface area contributed by atoms with E-state index in [-0.39, 0.29) is 5.60 Å². The van der Waals surface area contributed by atoms with Crippen LogP contribution in [0.5, 0.6) is 0 Å². The van der Waals surface area contributed by atoms with Crippen LogP contribution in [0, 0.1) is 5.92 Å². The van der Waals surface area contributed by atoms with E-state index < -0.39 is 0 Å². The Morgan fingerprint density at radius 1 is 1.15 bits per heavy atom. The zero-order valence-electron chi connectivity index (χ0n) is 10.0. The van der Waals surface area contributed by atoms with Crippen LogP contribution >= 0.6 is 0 Å². The molecule has 0 aliphatic rings. The van der Waals surface area contributed by atoms with Crippen LogP contribution in [-0.4, -0.2) is 12.2 Å². The van der Waals surface area contributed by atoms with Crippen LogP contribution in [0.2, 0.25) is 0 Å². The summed E-state index contributed by atoms with van der Waals surface area (Å²) in [7, 11) is 0. The molecule has 0 aromatic rings. The Kier molecular flexibility index (Phi) is 6.40. The van der Waals surface area contributed by atoms with Crippen molar-refractivity contribution in [2.45, 2.75) is 65.9 Å². The van der Waals surface area contributed by atoms with Gasteiger partial charge in [-0.1, -0.05) is 33.1 Å². The van der Waals surface area contributed by atoms with Gasteiger partial charge in [0.05, 0.1) is 12.2 Å². The Balaban J connectivity index is 3.59. The molecule has 1 unspecified atom stereocenters. The largest absolute Gasteiger partial charge is 0.376 e. The molecule has 1 nitrogen and oxygen atoms in total. The zero-order chi connectivity index (χ0) is 10.3. The Morgan fingerprint density at radius 2 is 1.77 bits per heavy atom. The number of unbranched alkanes of at least 4 members (excludes halogenated alkanes) is 1. The van der Waals surface area contributed by atoms with Crippen molar-refractivity contribution in [2.24, 2.45) is 5.92 Å². The lowest BCUT2D eigenvalue weighted by Gasteiger charge is -2.23. The third-order valence-electron chi connectivity index (χ3n) is 2.30. The summed E-state index contributed by atoms with van der Waals surface area (Å²) in [6.07, 6.45) is 5.21. The van der Waals surface area contributed by atoms with E-state index in [9.17, 15) is 0 Å². The van der Waals surface area contributed by atoms with Gasteiger partial charge in [-0.15, -0.1) is 0 Å². The second kappa shape index (κ2) is 6.42. The summed E-state index contributed by atoms with van der Waals surface area (Å²) < 4.78 is 5.78. The molecular weight excluding hydrogens is 160 g/mol. The van der Waals surface area contributed by atoms with Crippen LogP contribution in [0.15, 0.2) is 0 Å². The first kappa shape index (κ1) is 13.0. The molecule has 0 aromatic heterocycles. The minimum absolute atomic E-state index is 0.0274. The van der Waals surface area contributed by atoms with E-state index in [1.807, 2.05) is 0 Å².